The first-order chi connectivity index (χ1) is 9.58. The molecule has 0 aliphatic rings. The molecule has 0 bridgehead atoms. The molecule has 0 aliphatic heterocycles. The lowest BCUT2D eigenvalue weighted by Gasteiger charge is -2.06. The molecule has 0 spiro atoms. The Morgan fingerprint density at radius 2 is 2.15 bits per heavy atom. The van der Waals surface area contributed by atoms with Crippen LogP contribution in [0, 0.1) is 5.82 Å². The van der Waals surface area contributed by atoms with Gasteiger partial charge in [0.2, 0.25) is 0 Å². The van der Waals surface area contributed by atoms with Gasteiger partial charge in [0.15, 0.2) is 0 Å². The van der Waals surface area contributed by atoms with Crippen molar-refractivity contribution in [1.29, 1.82) is 0 Å². The van der Waals surface area contributed by atoms with Crippen molar-refractivity contribution < 1.29 is 4.39 Å². The molecular weight excluding hydrogens is 386 g/mol. The highest BCUT2D eigenvalue weighted by Gasteiger charge is 2.14. The smallest absolute Gasteiger partial charge is 0.144 e. The Hall–Kier alpha value is -0.620. The third-order valence-electron chi connectivity index (χ3n) is 2.93. The summed E-state index contributed by atoms with van der Waals surface area (Å²) in [6, 6.07) is 6.96. The van der Waals surface area contributed by atoms with Gasteiger partial charge in [0.05, 0.1) is 32.3 Å². The predicted molar refractivity (Wildman–Crippen MR) is 85.4 cm³/mol. The fourth-order valence-corrected chi connectivity index (χ4v) is 3.88. The van der Waals surface area contributed by atoms with Crippen molar-refractivity contribution in [2.75, 3.05) is 0 Å². The lowest BCUT2D eigenvalue weighted by atomic mass is 10.3. The highest BCUT2D eigenvalue weighted by molar-refractivity contribution is 9.11. The van der Waals surface area contributed by atoms with Crippen LogP contribution in [-0.4, -0.2) is 9.55 Å². The third kappa shape index (κ3) is 2.60. The van der Waals surface area contributed by atoms with Gasteiger partial charge in [-0.25, -0.2) is 9.37 Å². The minimum atomic E-state index is -0.469. The molecule has 3 rings (SSSR count). The van der Waals surface area contributed by atoms with Gasteiger partial charge in [0, 0.05) is 10.9 Å². The van der Waals surface area contributed by atoms with E-state index < -0.39 is 5.82 Å². The summed E-state index contributed by atoms with van der Waals surface area (Å²) < 4.78 is 16.5. The van der Waals surface area contributed by atoms with E-state index in [-0.39, 0.29) is 10.9 Å². The normalized spacial score (nSPS) is 11.4. The minimum Gasteiger partial charge on any atom is -0.322 e. The van der Waals surface area contributed by atoms with Gasteiger partial charge in [-0.15, -0.1) is 22.9 Å². The second-order valence-corrected chi connectivity index (χ2v) is 7.43. The predicted octanol–water partition coefficient (Wildman–Crippen LogP) is 5.44. The summed E-state index contributed by atoms with van der Waals surface area (Å²) in [6.45, 7) is 0.636. The fourth-order valence-electron chi connectivity index (χ4n) is 2.04. The van der Waals surface area contributed by atoms with E-state index >= 15 is 0 Å². The number of alkyl halides is 1. The van der Waals surface area contributed by atoms with Gasteiger partial charge < -0.3 is 4.57 Å². The van der Waals surface area contributed by atoms with E-state index in [2.05, 4.69) is 20.9 Å². The Bertz CT molecular complexity index is 784. The number of benzene rings is 1. The molecule has 20 heavy (non-hydrogen) atoms. The summed E-state index contributed by atoms with van der Waals surface area (Å²) in [5, 5.41) is 0.0899. The number of thiophene rings is 1. The summed E-state index contributed by atoms with van der Waals surface area (Å²) >= 11 is 16.9. The molecule has 2 heterocycles. The first-order valence-corrected chi connectivity index (χ1v) is 8.25. The Balaban J connectivity index is 2.14. The number of hydrogen-bond acceptors (Lipinski definition) is 2. The van der Waals surface area contributed by atoms with E-state index in [1.807, 2.05) is 16.7 Å². The molecule has 2 nitrogen and oxygen atoms in total. The molecule has 2 aromatic heterocycles. The van der Waals surface area contributed by atoms with Crippen LogP contribution in [0.2, 0.25) is 5.02 Å². The van der Waals surface area contributed by atoms with E-state index in [0.29, 0.717) is 17.9 Å². The molecule has 3 aromatic rings. The summed E-state index contributed by atoms with van der Waals surface area (Å²) in [7, 11) is 0. The third-order valence-corrected chi connectivity index (χ3v) is 5.07. The number of rotatable bonds is 3. The number of hydrogen-bond donors (Lipinski definition) is 0. The number of nitrogens with zero attached hydrogens (tertiary/aromatic N) is 2. The second kappa shape index (κ2) is 5.64. The molecule has 0 amide bonds. The van der Waals surface area contributed by atoms with Crippen molar-refractivity contribution in [2.24, 2.45) is 0 Å². The van der Waals surface area contributed by atoms with E-state index in [0.717, 1.165) is 14.2 Å². The molecule has 0 saturated carbocycles. The summed E-state index contributed by atoms with van der Waals surface area (Å²) in [6.07, 6.45) is 0. The number of halogens is 4. The first kappa shape index (κ1) is 14.3. The van der Waals surface area contributed by atoms with Crippen molar-refractivity contribution in [3.05, 3.63) is 49.6 Å². The van der Waals surface area contributed by atoms with Crippen LogP contribution in [-0.2, 0) is 12.4 Å². The van der Waals surface area contributed by atoms with Crippen molar-refractivity contribution in [3.63, 3.8) is 0 Å². The van der Waals surface area contributed by atoms with Crippen molar-refractivity contribution in [1.82, 2.24) is 9.55 Å². The molecule has 0 saturated heterocycles. The first-order valence-electron chi connectivity index (χ1n) is 5.73. The van der Waals surface area contributed by atoms with Crippen LogP contribution in [0.15, 0.2) is 28.1 Å². The molecule has 104 valence electrons. The van der Waals surface area contributed by atoms with Crippen LogP contribution < -0.4 is 0 Å². The van der Waals surface area contributed by atoms with Gasteiger partial charge >= 0.3 is 0 Å². The SMILES string of the molecule is Fc1cc2nc(CCl)n(Cc3ccc(Br)s3)c2cc1Cl. The van der Waals surface area contributed by atoms with Crippen LogP contribution >= 0.6 is 50.5 Å². The molecule has 7 heteroatoms. The summed E-state index contributed by atoms with van der Waals surface area (Å²) in [4.78, 5) is 5.52. The summed E-state index contributed by atoms with van der Waals surface area (Å²) in [5.74, 6) is 0.497. The number of aromatic nitrogens is 2. The van der Waals surface area contributed by atoms with Gasteiger partial charge in [0.25, 0.3) is 0 Å². The largest absolute Gasteiger partial charge is 0.322 e. The number of imidazole rings is 1. The van der Waals surface area contributed by atoms with Gasteiger partial charge in [-0.05, 0) is 34.1 Å². The van der Waals surface area contributed by atoms with Crippen molar-refractivity contribution >= 4 is 61.5 Å². The average Bonchev–Trinajstić information content (AvgIpc) is 2.96. The van der Waals surface area contributed by atoms with Gasteiger partial charge in [-0.1, -0.05) is 11.6 Å². The maximum Gasteiger partial charge on any atom is 0.144 e. The van der Waals surface area contributed by atoms with Gasteiger partial charge in [-0.2, -0.15) is 0 Å². The monoisotopic (exact) mass is 392 g/mol. The molecule has 0 atom stereocenters. The Kier molecular flexibility index (Phi) is 4.04. The Morgan fingerprint density at radius 3 is 2.80 bits per heavy atom. The molecule has 0 N–H and O–H groups in total. The lowest BCUT2D eigenvalue weighted by molar-refractivity contribution is 0.629. The standard InChI is InChI=1S/C13H8BrCl2FN2S/c14-12-2-1-7(20-12)6-19-11-3-8(16)9(17)4-10(11)18-13(19)5-15/h1-4H,5-6H2. The molecule has 0 radical (unpaired) electrons. The molecule has 0 aliphatic carbocycles. The zero-order valence-electron chi connectivity index (χ0n) is 10.0. The minimum absolute atomic E-state index is 0.0899. The zero-order chi connectivity index (χ0) is 14.3. The van der Waals surface area contributed by atoms with Gasteiger partial charge in [0.1, 0.15) is 11.6 Å². The van der Waals surface area contributed by atoms with Crippen LogP contribution in [0.3, 0.4) is 0 Å². The summed E-state index contributed by atoms with van der Waals surface area (Å²) in [5.41, 5.74) is 1.36. The lowest BCUT2D eigenvalue weighted by Crippen LogP contribution is -2.02. The molecule has 0 fully saturated rings. The highest BCUT2D eigenvalue weighted by atomic mass is 79.9. The van der Waals surface area contributed by atoms with E-state index in [1.165, 1.54) is 6.07 Å². The second-order valence-electron chi connectivity index (χ2n) is 4.21. The van der Waals surface area contributed by atoms with Gasteiger partial charge in [-0.3, -0.25) is 0 Å². The van der Waals surface area contributed by atoms with Crippen LogP contribution in [0.1, 0.15) is 10.7 Å². The van der Waals surface area contributed by atoms with E-state index in [1.54, 1.807) is 17.4 Å². The Labute approximate surface area is 137 Å². The molecule has 1 aromatic carbocycles. The highest BCUT2D eigenvalue weighted by Crippen LogP contribution is 2.28. The van der Waals surface area contributed by atoms with Crippen molar-refractivity contribution in [3.8, 4) is 0 Å². The molecule has 0 unspecified atom stereocenters. The quantitative estimate of drug-likeness (QED) is 0.541. The van der Waals surface area contributed by atoms with Crippen LogP contribution in [0.25, 0.3) is 11.0 Å². The van der Waals surface area contributed by atoms with E-state index in [4.69, 9.17) is 23.2 Å². The topological polar surface area (TPSA) is 17.8 Å². The zero-order valence-corrected chi connectivity index (χ0v) is 14.0. The maximum absolute atomic E-state index is 13.5. The van der Waals surface area contributed by atoms with Crippen molar-refractivity contribution in [2.45, 2.75) is 12.4 Å². The van der Waals surface area contributed by atoms with Crippen LogP contribution in [0.4, 0.5) is 4.39 Å². The number of fused-ring (bicyclic) bond motifs is 1. The Morgan fingerprint density at radius 1 is 1.35 bits per heavy atom. The molecular formula is C13H8BrCl2FN2S. The fraction of sp³-hybridized carbons (Fsp3) is 0.154. The van der Waals surface area contributed by atoms with E-state index in [9.17, 15) is 4.39 Å². The average molecular weight is 394 g/mol. The maximum atomic E-state index is 13.5. The van der Waals surface area contributed by atoms with Crippen LogP contribution in [0.5, 0.6) is 0 Å².